The van der Waals surface area contributed by atoms with Crippen LogP contribution in [0.3, 0.4) is 0 Å². The molecule has 7 aromatic rings. The highest BCUT2D eigenvalue weighted by atomic mass is 15.2. The van der Waals surface area contributed by atoms with Gasteiger partial charge in [-0.3, -0.25) is 4.57 Å². The molecule has 190 valence electrons. The van der Waals surface area contributed by atoms with E-state index in [1.54, 1.807) is 0 Å². The van der Waals surface area contributed by atoms with Crippen molar-refractivity contribution in [3.05, 3.63) is 127 Å². The van der Waals surface area contributed by atoms with Crippen LogP contribution in [0.15, 0.2) is 121 Å². The molecule has 5 aromatic carbocycles. The number of hydrogen-bond acceptors (Lipinski definition) is 4. The van der Waals surface area contributed by atoms with Gasteiger partial charge in [0.15, 0.2) is 0 Å². The lowest BCUT2D eigenvalue weighted by molar-refractivity contribution is 0.900. The van der Waals surface area contributed by atoms with Gasteiger partial charge in [0.2, 0.25) is 0 Å². The summed E-state index contributed by atoms with van der Waals surface area (Å²) in [5, 5.41) is 0. The van der Waals surface area contributed by atoms with Crippen molar-refractivity contribution in [3.8, 4) is 28.2 Å². The van der Waals surface area contributed by atoms with Gasteiger partial charge in [-0.15, -0.1) is 0 Å². The summed E-state index contributed by atoms with van der Waals surface area (Å²) in [5.41, 5.74) is 12.2. The number of hydrogen-bond donors (Lipinski definition) is 0. The second-order valence-electron chi connectivity index (χ2n) is 10.0. The largest absolute Gasteiger partial charge is 0.306 e. The van der Waals surface area contributed by atoms with Crippen LogP contribution in [-0.2, 0) is 6.42 Å². The lowest BCUT2D eigenvalue weighted by Crippen LogP contribution is -2.19. The zero-order valence-electron chi connectivity index (χ0n) is 22.0. The molecule has 0 fully saturated rings. The van der Waals surface area contributed by atoms with Crippen molar-refractivity contribution in [3.63, 3.8) is 0 Å². The van der Waals surface area contributed by atoms with Crippen molar-refractivity contribution in [2.75, 3.05) is 4.90 Å². The number of aromatic nitrogens is 4. The summed E-state index contributed by atoms with van der Waals surface area (Å²) in [4.78, 5) is 17.7. The van der Waals surface area contributed by atoms with Gasteiger partial charge in [0.25, 0.3) is 0 Å². The Kier molecular flexibility index (Phi) is 5.04. The van der Waals surface area contributed by atoms with Gasteiger partial charge in [-0.1, -0.05) is 79.7 Å². The molecule has 5 heteroatoms. The Morgan fingerprint density at radius 3 is 1.90 bits per heavy atom. The Morgan fingerprint density at radius 2 is 1.18 bits per heavy atom. The predicted octanol–water partition coefficient (Wildman–Crippen LogP) is 8.65. The second kappa shape index (κ2) is 8.89. The molecule has 8 rings (SSSR count). The summed E-state index contributed by atoms with van der Waals surface area (Å²) in [5.74, 6) is 1.04. The molecule has 0 amide bonds. The number of nitrogens with zero attached hydrogens (tertiary/aromatic N) is 5. The summed E-state index contributed by atoms with van der Waals surface area (Å²) in [7, 11) is 0. The molecule has 0 aliphatic carbocycles. The summed E-state index contributed by atoms with van der Waals surface area (Å²) in [6.45, 7) is 2.17. The molecular formula is C35H25N5. The second-order valence-corrected chi connectivity index (χ2v) is 10.0. The molecule has 0 spiro atoms. The minimum atomic E-state index is 0.828. The third-order valence-corrected chi connectivity index (χ3v) is 7.64. The molecule has 0 bridgehead atoms. The highest BCUT2D eigenvalue weighted by Gasteiger charge is 2.29. The maximum atomic E-state index is 5.17. The number of benzene rings is 5. The van der Waals surface area contributed by atoms with E-state index in [4.69, 9.17) is 15.0 Å². The van der Waals surface area contributed by atoms with Crippen molar-refractivity contribution in [1.29, 1.82) is 0 Å². The third kappa shape index (κ3) is 3.38. The lowest BCUT2D eigenvalue weighted by atomic mass is 10.0. The normalized spacial score (nSPS) is 12.2. The van der Waals surface area contributed by atoms with Crippen LogP contribution in [-0.4, -0.2) is 19.5 Å². The van der Waals surface area contributed by atoms with E-state index in [0.29, 0.717) is 0 Å². The minimum Gasteiger partial charge on any atom is -0.306 e. The van der Waals surface area contributed by atoms with Crippen LogP contribution < -0.4 is 4.90 Å². The first-order valence-electron chi connectivity index (χ1n) is 13.6. The zero-order valence-corrected chi connectivity index (χ0v) is 22.0. The molecule has 5 nitrogen and oxygen atoms in total. The van der Waals surface area contributed by atoms with Gasteiger partial charge in [-0.05, 0) is 48.5 Å². The number of anilines is 3. The number of aryl methyl sites for hydroxylation is 1. The zero-order chi connectivity index (χ0) is 26.6. The average molecular weight is 516 g/mol. The molecule has 1 aliphatic rings. The molecule has 0 N–H and O–H groups in total. The first kappa shape index (κ1) is 22.7. The van der Waals surface area contributed by atoms with E-state index < -0.39 is 0 Å². The summed E-state index contributed by atoms with van der Waals surface area (Å²) >= 11 is 0. The van der Waals surface area contributed by atoms with Gasteiger partial charge in [0.1, 0.15) is 5.82 Å². The summed E-state index contributed by atoms with van der Waals surface area (Å²) in [6, 6.07) is 42.0. The van der Waals surface area contributed by atoms with Gasteiger partial charge in [0, 0.05) is 23.2 Å². The molecule has 3 heterocycles. The molecule has 0 radical (unpaired) electrons. The van der Waals surface area contributed by atoms with Gasteiger partial charge >= 0.3 is 0 Å². The van der Waals surface area contributed by atoms with Crippen LogP contribution in [0.5, 0.6) is 0 Å². The number of para-hydroxylation sites is 4. The van der Waals surface area contributed by atoms with E-state index >= 15 is 0 Å². The molecule has 2 aromatic heterocycles. The molecule has 40 heavy (non-hydrogen) atoms. The van der Waals surface area contributed by atoms with Gasteiger partial charge in [0.05, 0.1) is 50.5 Å². The van der Waals surface area contributed by atoms with E-state index in [-0.39, 0.29) is 0 Å². The van der Waals surface area contributed by atoms with E-state index in [1.165, 1.54) is 0 Å². The number of imidazole rings is 1. The maximum absolute atomic E-state index is 5.17. The highest BCUT2D eigenvalue weighted by molar-refractivity contribution is 6.02. The van der Waals surface area contributed by atoms with Crippen LogP contribution >= 0.6 is 0 Å². The van der Waals surface area contributed by atoms with E-state index in [9.17, 15) is 0 Å². The van der Waals surface area contributed by atoms with Crippen LogP contribution in [0.4, 0.5) is 17.1 Å². The van der Waals surface area contributed by atoms with Crippen LogP contribution in [0, 0.1) is 0 Å². The van der Waals surface area contributed by atoms with Crippen LogP contribution in [0.25, 0.3) is 50.3 Å². The molecule has 0 saturated heterocycles. The Morgan fingerprint density at radius 1 is 0.525 bits per heavy atom. The van der Waals surface area contributed by atoms with Crippen LogP contribution in [0.2, 0.25) is 0 Å². The summed E-state index contributed by atoms with van der Waals surface area (Å²) < 4.78 is 2.33. The Hall–Kier alpha value is -5.29. The Balaban J connectivity index is 1.43. The first-order valence-corrected chi connectivity index (χ1v) is 13.6. The minimum absolute atomic E-state index is 0.828. The van der Waals surface area contributed by atoms with E-state index in [2.05, 4.69) is 95.3 Å². The molecule has 0 unspecified atom stereocenters. The lowest BCUT2D eigenvalue weighted by Gasteiger charge is -2.33. The topological polar surface area (TPSA) is 46.8 Å². The Bertz CT molecular complexity index is 2040. The van der Waals surface area contributed by atoms with Crippen molar-refractivity contribution in [1.82, 2.24) is 19.5 Å². The maximum Gasteiger partial charge on any atom is 0.114 e. The smallest absolute Gasteiger partial charge is 0.114 e. The number of rotatable bonds is 4. The van der Waals surface area contributed by atoms with Crippen molar-refractivity contribution < 1.29 is 0 Å². The van der Waals surface area contributed by atoms with Crippen molar-refractivity contribution in [2.24, 2.45) is 0 Å². The van der Waals surface area contributed by atoms with Gasteiger partial charge < -0.3 is 4.90 Å². The molecular weight excluding hydrogens is 490 g/mol. The fourth-order valence-corrected chi connectivity index (χ4v) is 5.86. The monoisotopic (exact) mass is 515 g/mol. The van der Waals surface area contributed by atoms with E-state index in [0.717, 1.165) is 79.6 Å². The van der Waals surface area contributed by atoms with Gasteiger partial charge in [-0.2, -0.15) is 0 Å². The van der Waals surface area contributed by atoms with Crippen molar-refractivity contribution >= 4 is 39.1 Å². The SMILES string of the molecule is CCc1nc2cccc3c2n1-c1cc(-c2nc4ccccc4nc2-c2ccccc2)ccc1N3c1ccccc1. The first-order chi connectivity index (χ1) is 19.8. The Labute approximate surface area is 232 Å². The predicted molar refractivity (Wildman–Crippen MR) is 163 cm³/mol. The van der Waals surface area contributed by atoms with Gasteiger partial charge in [-0.25, -0.2) is 15.0 Å². The highest BCUT2D eigenvalue weighted by Crippen LogP contribution is 2.48. The fraction of sp³-hybridized carbons (Fsp3) is 0.0571. The molecule has 0 atom stereocenters. The van der Waals surface area contributed by atoms with E-state index in [1.807, 2.05) is 42.5 Å². The standard InChI is InChI=1S/C35H25N5/c1-2-32-36-28-18-11-19-30-35(28)40(32)31-22-24(20-21-29(31)39(30)25-14-7-4-8-15-25)34-33(23-12-5-3-6-13-23)37-26-16-9-10-17-27(26)38-34/h3-22H,2H2,1H3. The van der Waals surface area contributed by atoms with Crippen molar-refractivity contribution in [2.45, 2.75) is 13.3 Å². The average Bonchev–Trinajstić information content (AvgIpc) is 3.41. The number of fused-ring (bicyclic) bond motifs is 3. The fourth-order valence-electron chi connectivity index (χ4n) is 5.86. The summed E-state index contributed by atoms with van der Waals surface area (Å²) in [6.07, 6.45) is 0.828. The molecule has 1 aliphatic heterocycles. The van der Waals surface area contributed by atoms with Crippen LogP contribution in [0.1, 0.15) is 12.7 Å². The third-order valence-electron chi connectivity index (χ3n) is 7.64. The quantitative estimate of drug-likeness (QED) is 0.235. The molecule has 0 saturated carbocycles.